The van der Waals surface area contributed by atoms with Crippen LogP contribution in [0.1, 0.15) is 17.5 Å². The summed E-state index contributed by atoms with van der Waals surface area (Å²) in [7, 11) is 0. The van der Waals surface area contributed by atoms with Crippen LogP contribution in [0.25, 0.3) is 6.08 Å². The molecule has 0 aliphatic carbocycles. The van der Waals surface area contributed by atoms with Crippen molar-refractivity contribution in [2.75, 3.05) is 11.9 Å². The Morgan fingerprint density at radius 2 is 1.85 bits per heavy atom. The third kappa shape index (κ3) is 5.02. The summed E-state index contributed by atoms with van der Waals surface area (Å²) in [4.78, 5) is 26.6. The number of hydrogen-bond acceptors (Lipinski definition) is 4. The highest BCUT2D eigenvalue weighted by molar-refractivity contribution is 8.26. The molecule has 1 heterocycles. The number of benzene rings is 2. The maximum Gasteiger partial charge on any atom is 0.266 e. The van der Waals surface area contributed by atoms with E-state index >= 15 is 0 Å². The monoisotopic (exact) mass is 400 g/mol. The molecule has 27 heavy (non-hydrogen) atoms. The van der Waals surface area contributed by atoms with Crippen molar-refractivity contribution in [2.45, 2.75) is 13.3 Å². The number of thioether (sulfide) groups is 1. The molecular formula is C20H17FN2O2S2. The Morgan fingerprint density at radius 3 is 2.52 bits per heavy atom. The predicted octanol–water partition coefficient (Wildman–Crippen LogP) is 4.36. The van der Waals surface area contributed by atoms with E-state index < -0.39 is 0 Å². The molecule has 2 aromatic rings. The van der Waals surface area contributed by atoms with Crippen molar-refractivity contribution < 1.29 is 14.0 Å². The molecule has 138 valence electrons. The van der Waals surface area contributed by atoms with Crippen LogP contribution in [0.4, 0.5) is 10.1 Å². The van der Waals surface area contributed by atoms with Crippen molar-refractivity contribution in [3.63, 3.8) is 0 Å². The third-order valence-corrected chi connectivity index (χ3v) is 5.32. The molecule has 0 spiro atoms. The van der Waals surface area contributed by atoms with Gasteiger partial charge in [-0.15, -0.1) is 0 Å². The number of carbonyl (C=O) groups excluding carboxylic acids is 2. The van der Waals surface area contributed by atoms with E-state index in [0.29, 0.717) is 14.9 Å². The van der Waals surface area contributed by atoms with E-state index in [1.54, 1.807) is 6.08 Å². The van der Waals surface area contributed by atoms with E-state index in [1.165, 1.54) is 40.9 Å². The lowest BCUT2D eigenvalue weighted by Gasteiger charge is -2.14. The van der Waals surface area contributed by atoms with Crippen LogP contribution < -0.4 is 5.32 Å². The van der Waals surface area contributed by atoms with Gasteiger partial charge < -0.3 is 5.32 Å². The van der Waals surface area contributed by atoms with Gasteiger partial charge in [-0.1, -0.05) is 53.8 Å². The summed E-state index contributed by atoms with van der Waals surface area (Å²) in [6.45, 7) is 2.20. The number of hydrogen-bond donors (Lipinski definition) is 1. The van der Waals surface area contributed by atoms with Gasteiger partial charge in [-0.25, -0.2) is 4.39 Å². The van der Waals surface area contributed by atoms with Crippen molar-refractivity contribution in [2.24, 2.45) is 0 Å². The predicted molar refractivity (Wildman–Crippen MR) is 111 cm³/mol. The molecule has 0 radical (unpaired) electrons. The zero-order valence-electron chi connectivity index (χ0n) is 14.6. The number of halogens is 1. The van der Waals surface area contributed by atoms with E-state index in [4.69, 9.17) is 12.2 Å². The standard InChI is InChI=1S/C20H17FN2O2S2/c1-13-2-4-14(5-3-13)12-17-19(25)23(20(26)27-17)11-10-18(24)22-16-8-6-15(21)7-9-16/h2-9,12H,10-11H2,1H3,(H,22,24)/b17-12-. The number of nitrogens with zero attached hydrogens (tertiary/aromatic N) is 1. The number of thiocarbonyl (C=S) groups is 1. The summed E-state index contributed by atoms with van der Waals surface area (Å²) in [6, 6.07) is 13.4. The normalized spacial score (nSPS) is 15.5. The smallest absolute Gasteiger partial charge is 0.266 e. The molecule has 0 atom stereocenters. The molecule has 0 saturated carbocycles. The van der Waals surface area contributed by atoms with Crippen LogP contribution in [0.15, 0.2) is 53.4 Å². The molecule has 1 aliphatic heterocycles. The number of anilines is 1. The zero-order chi connectivity index (χ0) is 19.4. The molecule has 1 aliphatic rings. The lowest BCUT2D eigenvalue weighted by atomic mass is 10.1. The van der Waals surface area contributed by atoms with Gasteiger partial charge in [0.1, 0.15) is 10.1 Å². The first-order valence-corrected chi connectivity index (χ1v) is 9.52. The van der Waals surface area contributed by atoms with E-state index in [2.05, 4.69) is 5.32 Å². The fourth-order valence-electron chi connectivity index (χ4n) is 2.48. The average Bonchev–Trinajstić information content (AvgIpc) is 2.90. The molecule has 0 bridgehead atoms. The third-order valence-electron chi connectivity index (χ3n) is 3.94. The minimum Gasteiger partial charge on any atom is -0.326 e. The molecule has 4 nitrogen and oxygen atoms in total. The van der Waals surface area contributed by atoms with E-state index in [9.17, 15) is 14.0 Å². The molecule has 1 N–H and O–H groups in total. The topological polar surface area (TPSA) is 49.4 Å². The van der Waals surface area contributed by atoms with Crippen LogP contribution in [0.2, 0.25) is 0 Å². The Morgan fingerprint density at radius 1 is 1.19 bits per heavy atom. The minimum atomic E-state index is -0.370. The van der Waals surface area contributed by atoms with Gasteiger partial charge in [-0.05, 0) is 42.8 Å². The number of carbonyl (C=O) groups is 2. The highest BCUT2D eigenvalue weighted by Gasteiger charge is 2.32. The quantitative estimate of drug-likeness (QED) is 0.598. The van der Waals surface area contributed by atoms with Gasteiger partial charge in [0.2, 0.25) is 5.91 Å². The number of amides is 2. The van der Waals surface area contributed by atoms with Gasteiger partial charge in [0.25, 0.3) is 5.91 Å². The van der Waals surface area contributed by atoms with Gasteiger partial charge in [-0.2, -0.15) is 0 Å². The molecule has 1 saturated heterocycles. The first-order valence-electron chi connectivity index (χ1n) is 8.30. The second kappa shape index (κ2) is 8.45. The fraction of sp³-hybridized carbons (Fsp3) is 0.150. The van der Waals surface area contributed by atoms with Crippen LogP contribution in [0, 0.1) is 12.7 Å². The van der Waals surface area contributed by atoms with E-state index in [0.717, 1.165) is 11.1 Å². The minimum absolute atomic E-state index is 0.0988. The molecule has 1 fully saturated rings. The van der Waals surface area contributed by atoms with Crippen molar-refractivity contribution in [3.8, 4) is 0 Å². The maximum absolute atomic E-state index is 12.9. The van der Waals surface area contributed by atoms with Crippen molar-refractivity contribution in [1.29, 1.82) is 0 Å². The van der Waals surface area contributed by atoms with Crippen LogP contribution >= 0.6 is 24.0 Å². The second-order valence-corrected chi connectivity index (χ2v) is 7.72. The Labute approximate surface area is 166 Å². The number of rotatable bonds is 5. The van der Waals surface area contributed by atoms with Gasteiger partial charge in [0, 0.05) is 18.7 Å². The van der Waals surface area contributed by atoms with Crippen LogP contribution in [0.5, 0.6) is 0 Å². The van der Waals surface area contributed by atoms with Gasteiger partial charge in [0.15, 0.2) is 0 Å². The van der Waals surface area contributed by atoms with Gasteiger partial charge >= 0.3 is 0 Å². The maximum atomic E-state index is 12.9. The number of nitrogens with one attached hydrogen (secondary N) is 1. The highest BCUT2D eigenvalue weighted by atomic mass is 32.2. The summed E-state index contributed by atoms with van der Waals surface area (Å²) in [5.74, 6) is -0.829. The highest BCUT2D eigenvalue weighted by Crippen LogP contribution is 2.32. The van der Waals surface area contributed by atoms with E-state index in [-0.39, 0.29) is 30.6 Å². The Balaban J connectivity index is 1.59. The molecule has 2 aromatic carbocycles. The van der Waals surface area contributed by atoms with Crippen molar-refractivity contribution in [1.82, 2.24) is 4.90 Å². The molecular weight excluding hydrogens is 383 g/mol. The Bertz CT molecular complexity index is 909. The summed E-state index contributed by atoms with van der Waals surface area (Å²) >= 11 is 6.52. The van der Waals surface area contributed by atoms with Crippen LogP contribution in [0.3, 0.4) is 0 Å². The molecule has 0 unspecified atom stereocenters. The lowest BCUT2D eigenvalue weighted by Crippen LogP contribution is -2.31. The zero-order valence-corrected chi connectivity index (χ0v) is 16.2. The number of aryl methyl sites for hydroxylation is 1. The molecule has 0 aromatic heterocycles. The Kier molecular flexibility index (Phi) is 6.03. The van der Waals surface area contributed by atoms with Gasteiger partial charge in [-0.3, -0.25) is 14.5 Å². The van der Waals surface area contributed by atoms with Gasteiger partial charge in [0.05, 0.1) is 4.91 Å². The Hall–Kier alpha value is -2.51. The molecule has 7 heteroatoms. The average molecular weight is 401 g/mol. The SMILES string of the molecule is Cc1ccc(/C=C2\SC(=S)N(CCC(=O)Nc3ccc(F)cc3)C2=O)cc1. The van der Waals surface area contributed by atoms with E-state index in [1.807, 2.05) is 31.2 Å². The van der Waals surface area contributed by atoms with Crippen molar-refractivity contribution >= 4 is 51.9 Å². The second-order valence-electron chi connectivity index (χ2n) is 6.05. The van der Waals surface area contributed by atoms with Crippen LogP contribution in [-0.4, -0.2) is 27.6 Å². The van der Waals surface area contributed by atoms with Crippen LogP contribution in [-0.2, 0) is 9.59 Å². The largest absolute Gasteiger partial charge is 0.326 e. The first kappa shape index (κ1) is 19.3. The molecule has 2 amide bonds. The summed E-state index contributed by atoms with van der Waals surface area (Å²) in [6.07, 6.45) is 1.90. The fourth-order valence-corrected chi connectivity index (χ4v) is 3.79. The summed E-state index contributed by atoms with van der Waals surface area (Å²) in [5, 5.41) is 2.67. The molecule has 3 rings (SSSR count). The first-order chi connectivity index (χ1) is 12.9. The summed E-state index contributed by atoms with van der Waals surface area (Å²) in [5.41, 5.74) is 2.58. The summed E-state index contributed by atoms with van der Waals surface area (Å²) < 4.78 is 13.3. The lowest BCUT2D eigenvalue weighted by molar-refractivity contribution is -0.122. The van der Waals surface area contributed by atoms with Crippen molar-refractivity contribution in [3.05, 3.63) is 70.4 Å².